The number of carbonyl (C=O) groups excluding carboxylic acids is 2. The lowest BCUT2D eigenvalue weighted by Crippen LogP contribution is -2.23. The number of nitrogens with one attached hydrogen (secondary N) is 2. The van der Waals surface area contributed by atoms with Gasteiger partial charge in [-0.05, 0) is 44.0 Å². The van der Waals surface area contributed by atoms with Crippen molar-refractivity contribution in [2.75, 3.05) is 5.32 Å². The predicted octanol–water partition coefficient (Wildman–Crippen LogP) is 4.25. The average molecular weight is 441 g/mol. The summed E-state index contributed by atoms with van der Waals surface area (Å²) < 4.78 is 5.32. The van der Waals surface area contributed by atoms with Crippen LogP contribution in [0.25, 0.3) is 11.3 Å². The van der Waals surface area contributed by atoms with Crippen LogP contribution in [0.2, 0.25) is 0 Å². The largest absolute Gasteiger partial charge is 0.369 e. The molecule has 5 rings (SSSR count). The fourth-order valence-corrected chi connectivity index (χ4v) is 4.32. The number of aromatic amines is 1. The Morgan fingerprint density at radius 1 is 1.18 bits per heavy atom. The first-order valence-corrected chi connectivity index (χ1v) is 10.8. The first-order valence-electron chi connectivity index (χ1n) is 10.8. The maximum Gasteiger partial charge on any atom is 0.234 e. The normalized spacial score (nSPS) is 14.0. The molecular weight excluding hydrogens is 418 g/mol. The highest BCUT2D eigenvalue weighted by Gasteiger charge is 2.29. The maximum absolute atomic E-state index is 12.8. The number of nitrogens with two attached hydrogens (primary N) is 1. The molecule has 4 N–H and O–H groups in total. The topological polar surface area (TPSA) is 127 Å². The molecule has 1 unspecified atom stereocenters. The minimum absolute atomic E-state index is 0.110. The number of pyridine rings is 1. The zero-order valence-corrected chi connectivity index (χ0v) is 18.1. The highest BCUT2D eigenvalue weighted by atomic mass is 16.5. The molecule has 1 aliphatic carbocycles. The van der Waals surface area contributed by atoms with Gasteiger partial charge < -0.3 is 20.6 Å². The lowest BCUT2D eigenvalue weighted by Gasteiger charge is -2.14. The predicted molar refractivity (Wildman–Crippen MR) is 123 cm³/mol. The summed E-state index contributed by atoms with van der Waals surface area (Å²) in [5.74, 6) is -1.01. The molecule has 1 aliphatic rings. The van der Waals surface area contributed by atoms with Crippen LogP contribution in [0.4, 0.5) is 11.4 Å². The van der Waals surface area contributed by atoms with Crippen molar-refractivity contribution in [2.24, 2.45) is 5.73 Å². The Labute approximate surface area is 190 Å². The number of amides is 1. The standard InChI is InChI=1S/C25H23N5O3/c1-14-12-20(33-30-14)22(25(26)32)18-13-15(10-11-27-18)23-24(28-16-6-3-2-4-7-16)21-17(29-23)8-5-9-19(21)31/h2-4,6-7,10-13,22,28-29H,5,8-9H2,1H3,(H2,26,32). The molecule has 166 valence electrons. The second kappa shape index (κ2) is 8.38. The van der Waals surface area contributed by atoms with Crippen LogP contribution in [0, 0.1) is 6.92 Å². The number of nitrogens with zero attached hydrogens (tertiary/aromatic N) is 2. The van der Waals surface area contributed by atoms with E-state index in [-0.39, 0.29) is 5.78 Å². The van der Waals surface area contributed by atoms with Crippen molar-refractivity contribution < 1.29 is 14.1 Å². The molecule has 1 atom stereocenters. The van der Waals surface area contributed by atoms with E-state index >= 15 is 0 Å². The van der Waals surface area contributed by atoms with E-state index in [1.54, 1.807) is 25.3 Å². The van der Waals surface area contributed by atoms with Crippen LogP contribution in [0.15, 0.2) is 59.3 Å². The number of fused-ring (bicyclic) bond motifs is 1. The second-order valence-corrected chi connectivity index (χ2v) is 8.17. The number of Topliss-reactive ketones (excluding diaryl/α,β-unsaturated/α-hetero) is 1. The van der Waals surface area contributed by atoms with Crippen LogP contribution < -0.4 is 11.1 Å². The molecule has 0 bridgehead atoms. The number of H-pyrrole nitrogens is 1. The molecule has 3 heterocycles. The monoisotopic (exact) mass is 441 g/mol. The Hall–Kier alpha value is -4.20. The summed E-state index contributed by atoms with van der Waals surface area (Å²) in [6.45, 7) is 1.77. The Morgan fingerprint density at radius 3 is 2.73 bits per heavy atom. The van der Waals surface area contributed by atoms with Crippen molar-refractivity contribution in [3.05, 3.63) is 83.1 Å². The van der Waals surface area contributed by atoms with Crippen LogP contribution in [-0.4, -0.2) is 26.8 Å². The minimum atomic E-state index is -0.872. The van der Waals surface area contributed by atoms with Crippen molar-refractivity contribution in [1.29, 1.82) is 0 Å². The van der Waals surface area contributed by atoms with Gasteiger partial charge in [0, 0.05) is 35.6 Å². The van der Waals surface area contributed by atoms with E-state index in [0.717, 1.165) is 41.2 Å². The first-order chi connectivity index (χ1) is 16.0. The number of benzene rings is 1. The Morgan fingerprint density at radius 2 is 2.00 bits per heavy atom. The van der Waals surface area contributed by atoms with E-state index in [0.29, 0.717) is 29.1 Å². The number of aromatic nitrogens is 3. The molecule has 1 aromatic carbocycles. The van der Waals surface area contributed by atoms with E-state index < -0.39 is 11.8 Å². The molecule has 0 saturated heterocycles. The number of primary amides is 1. The summed E-state index contributed by atoms with van der Waals surface area (Å²) in [4.78, 5) is 33.0. The highest BCUT2D eigenvalue weighted by molar-refractivity contribution is 6.07. The molecule has 0 aliphatic heterocycles. The summed E-state index contributed by atoms with van der Waals surface area (Å²) in [7, 11) is 0. The molecule has 0 spiro atoms. The van der Waals surface area contributed by atoms with Crippen molar-refractivity contribution in [2.45, 2.75) is 32.1 Å². The van der Waals surface area contributed by atoms with Gasteiger partial charge in [-0.15, -0.1) is 0 Å². The average Bonchev–Trinajstić information content (AvgIpc) is 3.39. The van der Waals surface area contributed by atoms with Gasteiger partial charge in [-0.25, -0.2) is 0 Å². The number of ketones is 1. The van der Waals surface area contributed by atoms with Crippen LogP contribution in [0.3, 0.4) is 0 Å². The minimum Gasteiger partial charge on any atom is -0.369 e. The molecule has 0 radical (unpaired) electrons. The van der Waals surface area contributed by atoms with Crippen LogP contribution in [0.5, 0.6) is 0 Å². The molecule has 4 aromatic rings. The van der Waals surface area contributed by atoms with Gasteiger partial charge in [0.15, 0.2) is 11.5 Å². The zero-order valence-electron chi connectivity index (χ0n) is 18.1. The third-order valence-corrected chi connectivity index (χ3v) is 5.81. The Balaban J connectivity index is 1.62. The summed E-state index contributed by atoms with van der Waals surface area (Å²) in [6.07, 6.45) is 3.75. The van der Waals surface area contributed by atoms with Crippen molar-refractivity contribution in [3.8, 4) is 11.3 Å². The number of hydrogen-bond acceptors (Lipinski definition) is 6. The second-order valence-electron chi connectivity index (χ2n) is 8.17. The summed E-state index contributed by atoms with van der Waals surface area (Å²) >= 11 is 0. The van der Waals surface area contributed by atoms with Gasteiger partial charge in [-0.2, -0.15) is 0 Å². The SMILES string of the molecule is Cc1cc(C(C(N)=O)c2cc(-c3[nH]c4c(c3Nc3ccccc3)C(=O)CCC4)ccn2)on1. The molecule has 33 heavy (non-hydrogen) atoms. The molecule has 3 aromatic heterocycles. The van der Waals surface area contributed by atoms with E-state index in [9.17, 15) is 9.59 Å². The lowest BCUT2D eigenvalue weighted by molar-refractivity contribution is -0.119. The summed E-state index contributed by atoms with van der Waals surface area (Å²) in [6, 6.07) is 15.0. The highest BCUT2D eigenvalue weighted by Crippen LogP contribution is 2.39. The van der Waals surface area contributed by atoms with Gasteiger partial charge in [0.2, 0.25) is 5.91 Å². The molecule has 8 heteroatoms. The number of para-hydroxylation sites is 1. The van der Waals surface area contributed by atoms with E-state index in [2.05, 4.69) is 20.4 Å². The van der Waals surface area contributed by atoms with Crippen LogP contribution in [-0.2, 0) is 11.2 Å². The third kappa shape index (κ3) is 3.91. The zero-order chi connectivity index (χ0) is 22.9. The number of aryl methyl sites for hydroxylation is 2. The van der Waals surface area contributed by atoms with Crippen LogP contribution >= 0.6 is 0 Å². The molecule has 8 nitrogen and oxygen atoms in total. The Kier molecular flexibility index (Phi) is 5.26. The van der Waals surface area contributed by atoms with Gasteiger partial charge in [-0.1, -0.05) is 23.4 Å². The fourth-order valence-electron chi connectivity index (χ4n) is 4.32. The summed E-state index contributed by atoms with van der Waals surface area (Å²) in [5, 5.41) is 7.30. The van der Waals surface area contributed by atoms with Crippen molar-refractivity contribution >= 4 is 23.1 Å². The lowest BCUT2D eigenvalue weighted by atomic mass is 9.94. The smallest absolute Gasteiger partial charge is 0.234 e. The van der Waals surface area contributed by atoms with Crippen molar-refractivity contribution in [3.63, 3.8) is 0 Å². The van der Waals surface area contributed by atoms with E-state index in [1.165, 1.54) is 0 Å². The number of rotatable bonds is 6. The van der Waals surface area contributed by atoms with Gasteiger partial charge in [-0.3, -0.25) is 14.6 Å². The van der Waals surface area contributed by atoms with Gasteiger partial charge in [0.1, 0.15) is 5.92 Å². The van der Waals surface area contributed by atoms with Gasteiger partial charge >= 0.3 is 0 Å². The van der Waals surface area contributed by atoms with E-state index in [4.69, 9.17) is 10.3 Å². The number of anilines is 2. The molecule has 1 amide bonds. The quantitative estimate of drug-likeness (QED) is 0.410. The van der Waals surface area contributed by atoms with Crippen LogP contribution in [0.1, 0.15) is 52.0 Å². The molecule has 0 fully saturated rings. The maximum atomic E-state index is 12.8. The molecule has 0 saturated carbocycles. The number of hydrogen-bond donors (Lipinski definition) is 3. The fraction of sp³-hybridized carbons (Fsp3) is 0.200. The van der Waals surface area contributed by atoms with Gasteiger partial charge in [0.05, 0.1) is 28.3 Å². The number of carbonyl (C=O) groups is 2. The third-order valence-electron chi connectivity index (χ3n) is 5.81. The first kappa shape index (κ1) is 20.7. The van der Waals surface area contributed by atoms with Crippen molar-refractivity contribution in [1.82, 2.24) is 15.1 Å². The van der Waals surface area contributed by atoms with E-state index in [1.807, 2.05) is 36.4 Å². The molecular formula is C25H23N5O3. The van der Waals surface area contributed by atoms with Gasteiger partial charge in [0.25, 0.3) is 0 Å². The Bertz CT molecular complexity index is 1340. The summed E-state index contributed by atoms with van der Waals surface area (Å²) in [5.41, 5.74) is 11.5.